The van der Waals surface area contributed by atoms with Crippen molar-refractivity contribution in [1.82, 2.24) is 19.5 Å². The van der Waals surface area contributed by atoms with Crippen LogP contribution in [-0.2, 0) is 0 Å². The highest BCUT2D eigenvalue weighted by molar-refractivity contribution is 6.15. The van der Waals surface area contributed by atoms with Gasteiger partial charge in [-0.1, -0.05) is 140 Å². The quantitative estimate of drug-likeness (QED) is 0.172. The van der Waals surface area contributed by atoms with E-state index in [-0.39, 0.29) is 0 Å². The largest absolute Gasteiger partial charge is 0.455 e. The second-order valence-corrected chi connectivity index (χ2v) is 14.0. The molecule has 0 saturated carbocycles. The van der Waals surface area contributed by atoms with Gasteiger partial charge >= 0.3 is 0 Å². The van der Waals surface area contributed by atoms with Crippen molar-refractivity contribution in [2.45, 2.75) is 0 Å². The molecular weight excluding hydrogens is 685 g/mol. The molecule has 0 spiro atoms. The first-order chi connectivity index (χ1) is 27.8. The van der Waals surface area contributed by atoms with Gasteiger partial charge in [0.05, 0.1) is 11.0 Å². The molecule has 3 heterocycles. The summed E-state index contributed by atoms with van der Waals surface area (Å²) in [6, 6.07) is 67.3. The van der Waals surface area contributed by atoms with Crippen LogP contribution in [0.25, 0.3) is 106 Å². The number of hydrogen-bond acceptors (Lipinski definition) is 4. The van der Waals surface area contributed by atoms with Gasteiger partial charge in [-0.3, -0.25) is 0 Å². The molecule has 0 aliphatic carbocycles. The van der Waals surface area contributed by atoms with E-state index in [2.05, 4.69) is 144 Å². The summed E-state index contributed by atoms with van der Waals surface area (Å²) in [5, 5.41) is 4.28. The van der Waals surface area contributed by atoms with Gasteiger partial charge in [0.25, 0.3) is 0 Å². The molecule has 56 heavy (non-hydrogen) atoms. The van der Waals surface area contributed by atoms with Crippen molar-refractivity contribution in [2.75, 3.05) is 0 Å². The number of aromatic nitrogens is 4. The van der Waals surface area contributed by atoms with Crippen molar-refractivity contribution in [2.24, 2.45) is 0 Å². The molecule has 8 aromatic carbocycles. The fourth-order valence-corrected chi connectivity index (χ4v) is 8.05. The van der Waals surface area contributed by atoms with Gasteiger partial charge in [-0.2, -0.15) is 0 Å². The van der Waals surface area contributed by atoms with Crippen LogP contribution in [0.3, 0.4) is 0 Å². The van der Waals surface area contributed by atoms with Gasteiger partial charge in [-0.15, -0.1) is 0 Å². The van der Waals surface area contributed by atoms with E-state index in [1.165, 1.54) is 0 Å². The molecule has 5 nitrogen and oxygen atoms in total. The summed E-state index contributed by atoms with van der Waals surface area (Å²) in [7, 11) is 0. The van der Waals surface area contributed by atoms with Crippen molar-refractivity contribution in [1.29, 1.82) is 0 Å². The molecule has 262 valence electrons. The molecule has 0 saturated heterocycles. The smallest absolute Gasteiger partial charge is 0.164 e. The van der Waals surface area contributed by atoms with E-state index in [0.717, 1.165) is 88.4 Å². The molecule has 0 unspecified atom stereocenters. The van der Waals surface area contributed by atoms with Gasteiger partial charge in [-0.25, -0.2) is 15.0 Å². The standard InChI is InChI=1S/C51H32N4O/c1-5-16-33(17-6-1)37-31-41(34-18-7-2-8-19-34)48-43(32-37)42-30-36(28-29-46(42)56-48)50-52-49(35-20-9-3-10-21-35)53-51(54-50)40-25-15-27-45-47(40)39-24-13-14-26-44(39)55(45)38-22-11-4-12-23-38/h1-32H. The first-order valence-electron chi connectivity index (χ1n) is 18.8. The van der Waals surface area contributed by atoms with Gasteiger partial charge < -0.3 is 8.98 Å². The van der Waals surface area contributed by atoms with Crippen LogP contribution >= 0.6 is 0 Å². The monoisotopic (exact) mass is 716 g/mol. The Morgan fingerprint density at radius 1 is 0.357 bits per heavy atom. The topological polar surface area (TPSA) is 56.7 Å². The van der Waals surface area contributed by atoms with Crippen molar-refractivity contribution >= 4 is 43.7 Å². The first kappa shape index (κ1) is 31.9. The molecule has 0 bridgehead atoms. The van der Waals surface area contributed by atoms with E-state index in [4.69, 9.17) is 19.4 Å². The second-order valence-electron chi connectivity index (χ2n) is 14.0. The zero-order valence-corrected chi connectivity index (χ0v) is 30.2. The summed E-state index contributed by atoms with van der Waals surface area (Å²) in [6.07, 6.45) is 0. The van der Waals surface area contributed by atoms with Crippen LogP contribution < -0.4 is 0 Å². The van der Waals surface area contributed by atoms with Crippen molar-refractivity contribution < 1.29 is 4.42 Å². The summed E-state index contributed by atoms with van der Waals surface area (Å²) in [4.78, 5) is 15.6. The molecule has 0 aliphatic heterocycles. The lowest BCUT2D eigenvalue weighted by Crippen LogP contribution is -2.00. The van der Waals surface area contributed by atoms with Crippen LogP contribution in [0.15, 0.2) is 199 Å². The zero-order chi connectivity index (χ0) is 37.0. The van der Waals surface area contributed by atoms with Crippen LogP contribution in [0.2, 0.25) is 0 Å². The lowest BCUT2D eigenvalue weighted by molar-refractivity contribution is 0.670. The van der Waals surface area contributed by atoms with Crippen LogP contribution in [0.4, 0.5) is 0 Å². The minimum absolute atomic E-state index is 0.594. The normalized spacial score (nSPS) is 11.6. The lowest BCUT2D eigenvalue weighted by Gasteiger charge is -2.10. The van der Waals surface area contributed by atoms with E-state index in [1.807, 2.05) is 54.6 Å². The Balaban J connectivity index is 1.15. The van der Waals surface area contributed by atoms with Crippen molar-refractivity contribution in [3.05, 3.63) is 194 Å². The van der Waals surface area contributed by atoms with Gasteiger partial charge in [0.1, 0.15) is 11.2 Å². The van der Waals surface area contributed by atoms with Crippen molar-refractivity contribution in [3.8, 4) is 62.1 Å². The van der Waals surface area contributed by atoms with E-state index in [9.17, 15) is 0 Å². The Bertz CT molecular complexity index is 3230. The molecule has 0 fully saturated rings. The fraction of sp³-hybridized carbons (Fsp3) is 0. The highest BCUT2D eigenvalue weighted by Crippen LogP contribution is 2.42. The summed E-state index contributed by atoms with van der Waals surface area (Å²) in [5.41, 5.74) is 12.2. The maximum Gasteiger partial charge on any atom is 0.164 e. The molecule has 5 heteroatoms. The number of fused-ring (bicyclic) bond motifs is 6. The average molecular weight is 717 g/mol. The molecule has 11 aromatic rings. The highest BCUT2D eigenvalue weighted by Gasteiger charge is 2.21. The lowest BCUT2D eigenvalue weighted by atomic mass is 9.95. The SMILES string of the molecule is c1ccc(-c2cc(-c3ccccc3)c3oc4ccc(-c5nc(-c6ccccc6)nc(-c6cccc7c6c6ccccc6n7-c6ccccc6)n5)cc4c3c2)cc1. The minimum atomic E-state index is 0.594. The summed E-state index contributed by atoms with van der Waals surface area (Å²) in [5.74, 6) is 1.82. The van der Waals surface area contributed by atoms with E-state index in [0.29, 0.717) is 17.5 Å². The number of furan rings is 1. The summed E-state index contributed by atoms with van der Waals surface area (Å²) in [6.45, 7) is 0. The van der Waals surface area contributed by atoms with Gasteiger partial charge in [0.15, 0.2) is 17.5 Å². The first-order valence-corrected chi connectivity index (χ1v) is 18.8. The number of para-hydroxylation sites is 2. The fourth-order valence-electron chi connectivity index (χ4n) is 8.05. The number of hydrogen-bond donors (Lipinski definition) is 0. The number of rotatable bonds is 6. The number of benzene rings is 8. The van der Waals surface area contributed by atoms with Gasteiger partial charge in [-0.05, 0) is 71.3 Å². The molecule has 0 amide bonds. The molecule has 0 aliphatic rings. The molecular formula is C51H32N4O. The van der Waals surface area contributed by atoms with Crippen LogP contribution in [0.1, 0.15) is 0 Å². The van der Waals surface area contributed by atoms with E-state index < -0.39 is 0 Å². The molecule has 0 N–H and O–H groups in total. The zero-order valence-electron chi connectivity index (χ0n) is 30.2. The van der Waals surface area contributed by atoms with Gasteiger partial charge in [0.2, 0.25) is 0 Å². The van der Waals surface area contributed by atoms with E-state index >= 15 is 0 Å². The van der Waals surface area contributed by atoms with Gasteiger partial charge in [0, 0.05) is 49.5 Å². The highest BCUT2D eigenvalue weighted by atomic mass is 16.3. The third kappa shape index (κ3) is 5.29. The summed E-state index contributed by atoms with van der Waals surface area (Å²) < 4.78 is 9.00. The average Bonchev–Trinajstić information content (AvgIpc) is 3.83. The Kier molecular flexibility index (Phi) is 7.42. The van der Waals surface area contributed by atoms with E-state index in [1.54, 1.807) is 0 Å². The third-order valence-electron chi connectivity index (χ3n) is 10.6. The van der Waals surface area contributed by atoms with Crippen LogP contribution in [0, 0.1) is 0 Å². The maximum absolute atomic E-state index is 6.68. The Labute approximate surface area is 322 Å². The number of nitrogens with zero attached hydrogens (tertiary/aromatic N) is 4. The maximum atomic E-state index is 6.68. The molecule has 0 radical (unpaired) electrons. The van der Waals surface area contributed by atoms with Crippen molar-refractivity contribution in [3.63, 3.8) is 0 Å². The Morgan fingerprint density at radius 2 is 0.946 bits per heavy atom. The molecule has 11 rings (SSSR count). The molecule has 0 atom stereocenters. The predicted molar refractivity (Wildman–Crippen MR) is 229 cm³/mol. The second kappa shape index (κ2) is 13.0. The van der Waals surface area contributed by atoms with Crippen LogP contribution in [0.5, 0.6) is 0 Å². The summed E-state index contributed by atoms with van der Waals surface area (Å²) >= 11 is 0. The predicted octanol–water partition coefficient (Wildman–Crippen LogP) is 13.2. The molecule has 3 aromatic heterocycles. The Hall–Kier alpha value is -7.63. The van der Waals surface area contributed by atoms with Crippen LogP contribution in [-0.4, -0.2) is 19.5 Å². The Morgan fingerprint density at radius 3 is 1.70 bits per heavy atom. The minimum Gasteiger partial charge on any atom is -0.455 e. The third-order valence-corrected chi connectivity index (χ3v) is 10.6.